The first-order valence-electron chi connectivity index (χ1n) is 7.54. The predicted octanol–water partition coefficient (Wildman–Crippen LogP) is 1.87. The molecule has 0 fully saturated rings. The van der Waals surface area contributed by atoms with E-state index in [4.69, 9.17) is 4.74 Å². The molecule has 1 heterocycles. The Hall–Kier alpha value is -1.85. The first-order valence-corrected chi connectivity index (χ1v) is 7.54. The maximum Gasteiger partial charge on any atom is 0.119 e. The number of aryl methyl sites for hydroxylation is 3. The highest BCUT2D eigenvalue weighted by atomic mass is 16.5. The third kappa shape index (κ3) is 4.32. The van der Waals surface area contributed by atoms with Crippen LogP contribution in [0.25, 0.3) is 0 Å². The number of hydrogen-bond acceptors (Lipinski definition) is 4. The molecule has 2 aromatic rings. The SMILES string of the molecule is Cc1cccc(OCC(O)CNCc2c(C)nn(C)c2C)c1. The Balaban J connectivity index is 1.75. The summed E-state index contributed by atoms with van der Waals surface area (Å²) in [7, 11) is 1.94. The molecule has 2 N–H and O–H groups in total. The fourth-order valence-electron chi connectivity index (χ4n) is 2.39. The van der Waals surface area contributed by atoms with Gasteiger partial charge in [-0.05, 0) is 38.5 Å². The van der Waals surface area contributed by atoms with Crippen LogP contribution in [0.3, 0.4) is 0 Å². The van der Waals surface area contributed by atoms with Crippen molar-refractivity contribution in [2.75, 3.05) is 13.2 Å². The molecular weight excluding hydrogens is 278 g/mol. The molecule has 0 spiro atoms. The van der Waals surface area contributed by atoms with E-state index >= 15 is 0 Å². The van der Waals surface area contributed by atoms with E-state index in [1.54, 1.807) is 0 Å². The Morgan fingerprint density at radius 3 is 2.73 bits per heavy atom. The van der Waals surface area contributed by atoms with Crippen molar-refractivity contribution in [1.29, 1.82) is 0 Å². The minimum absolute atomic E-state index is 0.279. The lowest BCUT2D eigenvalue weighted by atomic mass is 10.2. The van der Waals surface area contributed by atoms with Crippen LogP contribution in [0.1, 0.15) is 22.5 Å². The minimum Gasteiger partial charge on any atom is -0.491 e. The molecule has 5 nitrogen and oxygen atoms in total. The van der Waals surface area contributed by atoms with Crippen molar-refractivity contribution >= 4 is 0 Å². The molecule has 0 amide bonds. The van der Waals surface area contributed by atoms with Crippen molar-refractivity contribution in [1.82, 2.24) is 15.1 Å². The minimum atomic E-state index is -0.544. The van der Waals surface area contributed by atoms with Crippen LogP contribution in [0, 0.1) is 20.8 Å². The lowest BCUT2D eigenvalue weighted by molar-refractivity contribution is 0.106. The second-order valence-corrected chi connectivity index (χ2v) is 5.69. The summed E-state index contributed by atoms with van der Waals surface area (Å²) in [5.41, 5.74) is 4.51. The van der Waals surface area contributed by atoms with Crippen molar-refractivity contribution in [3.63, 3.8) is 0 Å². The van der Waals surface area contributed by atoms with Crippen LogP contribution in [-0.2, 0) is 13.6 Å². The molecule has 2 rings (SSSR count). The number of benzene rings is 1. The Labute approximate surface area is 131 Å². The highest BCUT2D eigenvalue weighted by Gasteiger charge is 2.10. The number of nitrogens with one attached hydrogen (secondary N) is 1. The molecule has 1 atom stereocenters. The lowest BCUT2D eigenvalue weighted by Crippen LogP contribution is -2.31. The van der Waals surface area contributed by atoms with E-state index in [0.29, 0.717) is 13.1 Å². The summed E-state index contributed by atoms with van der Waals surface area (Å²) >= 11 is 0. The lowest BCUT2D eigenvalue weighted by Gasteiger charge is -2.13. The van der Waals surface area contributed by atoms with Crippen LogP contribution >= 0.6 is 0 Å². The van der Waals surface area contributed by atoms with Crippen LogP contribution in [0.4, 0.5) is 0 Å². The summed E-state index contributed by atoms with van der Waals surface area (Å²) < 4.78 is 7.48. The van der Waals surface area contributed by atoms with Crippen LogP contribution in [0.5, 0.6) is 5.75 Å². The Kier molecular flexibility index (Phi) is 5.57. The van der Waals surface area contributed by atoms with E-state index in [9.17, 15) is 5.11 Å². The van der Waals surface area contributed by atoms with Gasteiger partial charge in [0, 0.05) is 31.4 Å². The highest BCUT2D eigenvalue weighted by molar-refractivity contribution is 5.27. The van der Waals surface area contributed by atoms with E-state index in [1.807, 2.05) is 56.8 Å². The van der Waals surface area contributed by atoms with Crippen molar-refractivity contribution in [3.8, 4) is 5.75 Å². The van der Waals surface area contributed by atoms with Gasteiger partial charge in [0.15, 0.2) is 0 Å². The van der Waals surface area contributed by atoms with Gasteiger partial charge in [0.25, 0.3) is 0 Å². The summed E-state index contributed by atoms with van der Waals surface area (Å²) in [6, 6.07) is 7.82. The molecule has 0 aliphatic rings. The quantitative estimate of drug-likeness (QED) is 0.820. The topological polar surface area (TPSA) is 59.3 Å². The molecule has 1 aromatic heterocycles. The van der Waals surface area contributed by atoms with Crippen LogP contribution in [-0.4, -0.2) is 34.1 Å². The number of ether oxygens (including phenoxy) is 1. The third-order valence-electron chi connectivity index (χ3n) is 3.77. The van der Waals surface area contributed by atoms with E-state index in [1.165, 1.54) is 5.56 Å². The summed E-state index contributed by atoms with van der Waals surface area (Å²) in [5.74, 6) is 0.790. The van der Waals surface area contributed by atoms with Crippen LogP contribution < -0.4 is 10.1 Å². The van der Waals surface area contributed by atoms with Crippen molar-refractivity contribution in [2.24, 2.45) is 7.05 Å². The van der Waals surface area contributed by atoms with Gasteiger partial charge in [0.2, 0.25) is 0 Å². The van der Waals surface area contributed by atoms with E-state index in [2.05, 4.69) is 10.4 Å². The van der Waals surface area contributed by atoms with Gasteiger partial charge >= 0.3 is 0 Å². The molecule has 0 aliphatic heterocycles. The van der Waals surface area contributed by atoms with E-state index in [0.717, 1.165) is 22.7 Å². The maximum absolute atomic E-state index is 9.99. The largest absolute Gasteiger partial charge is 0.491 e. The highest BCUT2D eigenvalue weighted by Crippen LogP contribution is 2.13. The number of hydrogen-bond donors (Lipinski definition) is 2. The monoisotopic (exact) mass is 303 g/mol. The summed E-state index contributed by atoms with van der Waals surface area (Å²) in [6.07, 6.45) is -0.544. The molecule has 0 saturated carbocycles. The Morgan fingerprint density at radius 1 is 1.32 bits per heavy atom. The van der Waals surface area contributed by atoms with Crippen LogP contribution in [0.15, 0.2) is 24.3 Å². The molecule has 0 saturated heterocycles. The zero-order valence-electron chi connectivity index (χ0n) is 13.8. The second-order valence-electron chi connectivity index (χ2n) is 5.69. The Morgan fingerprint density at radius 2 is 2.09 bits per heavy atom. The fourth-order valence-corrected chi connectivity index (χ4v) is 2.39. The second kappa shape index (κ2) is 7.42. The van der Waals surface area contributed by atoms with E-state index in [-0.39, 0.29) is 6.61 Å². The molecule has 0 radical (unpaired) electrons. The predicted molar refractivity (Wildman–Crippen MR) is 87.1 cm³/mol. The molecular formula is C17H25N3O2. The zero-order valence-corrected chi connectivity index (χ0v) is 13.8. The summed E-state index contributed by atoms with van der Waals surface area (Å²) in [5, 5.41) is 17.6. The zero-order chi connectivity index (χ0) is 16.1. The summed E-state index contributed by atoms with van der Waals surface area (Å²) in [6.45, 7) is 7.53. The Bertz CT molecular complexity index is 622. The van der Waals surface area contributed by atoms with Gasteiger partial charge in [-0.1, -0.05) is 12.1 Å². The smallest absolute Gasteiger partial charge is 0.119 e. The first-order chi connectivity index (χ1) is 10.5. The summed E-state index contributed by atoms with van der Waals surface area (Å²) in [4.78, 5) is 0. The molecule has 5 heteroatoms. The van der Waals surface area contributed by atoms with Gasteiger partial charge in [-0.2, -0.15) is 5.10 Å². The molecule has 1 aromatic carbocycles. The molecule has 0 aliphatic carbocycles. The van der Waals surface area contributed by atoms with E-state index < -0.39 is 6.10 Å². The van der Waals surface area contributed by atoms with Gasteiger partial charge < -0.3 is 15.2 Å². The average Bonchev–Trinajstić information content (AvgIpc) is 2.71. The number of nitrogens with zero attached hydrogens (tertiary/aromatic N) is 2. The molecule has 0 bridgehead atoms. The average molecular weight is 303 g/mol. The van der Waals surface area contributed by atoms with Gasteiger partial charge in [-0.15, -0.1) is 0 Å². The molecule has 120 valence electrons. The standard InChI is InChI=1S/C17H25N3O2/c1-12-6-5-7-16(8-12)22-11-15(21)9-18-10-17-13(2)19-20(4)14(17)3/h5-8,15,18,21H,9-11H2,1-4H3. The normalized spacial score (nSPS) is 12.4. The van der Waals surface area contributed by atoms with Gasteiger partial charge in [0.05, 0.1) is 5.69 Å². The maximum atomic E-state index is 9.99. The first kappa shape index (κ1) is 16.5. The molecule has 1 unspecified atom stereocenters. The van der Waals surface area contributed by atoms with Crippen molar-refractivity contribution in [3.05, 3.63) is 46.8 Å². The number of aliphatic hydroxyl groups excluding tert-OH is 1. The fraction of sp³-hybridized carbons (Fsp3) is 0.471. The van der Waals surface area contributed by atoms with Crippen molar-refractivity contribution < 1.29 is 9.84 Å². The third-order valence-corrected chi connectivity index (χ3v) is 3.77. The van der Waals surface area contributed by atoms with Gasteiger partial charge in [0.1, 0.15) is 18.5 Å². The number of rotatable bonds is 7. The van der Waals surface area contributed by atoms with Gasteiger partial charge in [-0.3, -0.25) is 4.68 Å². The van der Waals surface area contributed by atoms with Crippen LogP contribution in [0.2, 0.25) is 0 Å². The van der Waals surface area contributed by atoms with Gasteiger partial charge in [-0.25, -0.2) is 0 Å². The number of aliphatic hydroxyl groups is 1. The molecule has 22 heavy (non-hydrogen) atoms. The van der Waals surface area contributed by atoms with Crippen molar-refractivity contribution in [2.45, 2.75) is 33.4 Å². The number of aromatic nitrogens is 2.